The summed E-state index contributed by atoms with van der Waals surface area (Å²) >= 11 is 5.10. The molecule has 1 aliphatic rings. The molecule has 2 rings (SSSR count). The minimum absolute atomic E-state index is 0.0550. The maximum Gasteiger partial charge on any atom is 0.235 e. The molecule has 4 nitrogen and oxygen atoms in total. The van der Waals surface area contributed by atoms with Crippen LogP contribution in [0.2, 0.25) is 0 Å². The molecule has 5 heteroatoms. The Bertz CT molecular complexity index is 471. The van der Waals surface area contributed by atoms with E-state index in [-0.39, 0.29) is 5.91 Å². The van der Waals surface area contributed by atoms with Crippen molar-refractivity contribution in [1.29, 1.82) is 0 Å². The molecule has 2 N–H and O–H groups in total. The minimum atomic E-state index is -0.597. The summed E-state index contributed by atoms with van der Waals surface area (Å²) in [6.45, 7) is 3.12. The van der Waals surface area contributed by atoms with Gasteiger partial charge in [-0.1, -0.05) is 24.7 Å². The van der Waals surface area contributed by atoms with Gasteiger partial charge in [-0.2, -0.15) is 0 Å². The molecule has 0 aliphatic heterocycles. The second-order valence-electron chi connectivity index (χ2n) is 4.94. The number of amides is 1. The van der Waals surface area contributed by atoms with Crippen molar-refractivity contribution in [3.05, 3.63) is 30.1 Å². The number of carbonyl (C=O) groups excluding carboxylic acids is 1. The van der Waals surface area contributed by atoms with Crippen LogP contribution in [-0.2, 0) is 11.3 Å². The second-order valence-corrected chi connectivity index (χ2v) is 5.38. The molecule has 1 heterocycles. The fourth-order valence-electron chi connectivity index (χ4n) is 2.41. The Morgan fingerprint density at radius 2 is 2.26 bits per heavy atom. The number of aromatic nitrogens is 1. The first kappa shape index (κ1) is 13.9. The Kier molecular flexibility index (Phi) is 4.14. The number of nitrogens with two attached hydrogens (primary N) is 1. The average molecular weight is 277 g/mol. The van der Waals surface area contributed by atoms with Crippen molar-refractivity contribution in [3.8, 4) is 0 Å². The second kappa shape index (κ2) is 5.65. The zero-order chi connectivity index (χ0) is 13.9. The lowest BCUT2D eigenvalue weighted by Gasteiger charge is -2.42. The predicted octanol–water partition coefficient (Wildman–Crippen LogP) is 1.89. The van der Waals surface area contributed by atoms with Gasteiger partial charge in [0.25, 0.3) is 0 Å². The van der Waals surface area contributed by atoms with Gasteiger partial charge in [-0.05, 0) is 31.9 Å². The zero-order valence-electron chi connectivity index (χ0n) is 11.1. The Balaban J connectivity index is 2.13. The number of nitrogens with zero attached hydrogens (tertiary/aromatic N) is 2. The van der Waals surface area contributed by atoms with E-state index in [9.17, 15) is 4.79 Å². The Morgan fingerprint density at radius 3 is 2.68 bits per heavy atom. The van der Waals surface area contributed by atoms with Gasteiger partial charge in [0.2, 0.25) is 5.91 Å². The molecule has 0 spiro atoms. The van der Waals surface area contributed by atoms with Gasteiger partial charge in [-0.25, -0.2) is 0 Å². The molecular formula is C14H19N3OS. The van der Waals surface area contributed by atoms with Crippen LogP contribution in [0.1, 0.15) is 31.9 Å². The molecule has 0 aromatic carbocycles. The third-order valence-corrected chi connectivity index (χ3v) is 4.23. The standard InChI is InChI=1S/C14H19N3OS/c1-2-17(10-11-6-3-4-9-16-11)13(18)14(12(15)19)7-5-8-14/h3-4,6,9H,2,5,7-8,10H2,1H3,(H2,15,19). The molecule has 102 valence electrons. The lowest BCUT2D eigenvalue weighted by atomic mass is 9.67. The summed E-state index contributed by atoms with van der Waals surface area (Å²) in [5.41, 5.74) is 6.08. The summed E-state index contributed by atoms with van der Waals surface area (Å²) in [5, 5.41) is 0. The Morgan fingerprint density at radius 1 is 1.53 bits per heavy atom. The van der Waals surface area contributed by atoms with E-state index in [0.29, 0.717) is 18.1 Å². The molecule has 1 aromatic heterocycles. The highest BCUT2D eigenvalue weighted by atomic mass is 32.1. The van der Waals surface area contributed by atoms with Crippen LogP contribution in [0.3, 0.4) is 0 Å². The number of thiocarbonyl (C=S) groups is 1. The molecule has 1 amide bonds. The normalized spacial score (nSPS) is 16.5. The number of pyridine rings is 1. The van der Waals surface area contributed by atoms with Crippen molar-refractivity contribution < 1.29 is 4.79 Å². The van der Waals surface area contributed by atoms with Crippen LogP contribution in [0, 0.1) is 5.41 Å². The van der Waals surface area contributed by atoms with Crippen molar-refractivity contribution in [3.63, 3.8) is 0 Å². The summed E-state index contributed by atoms with van der Waals surface area (Å²) in [5.74, 6) is 0.0550. The van der Waals surface area contributed by atoms with Crippen LogP contribution in [0.25, 0.3) is 0 Å². The summed E-state index contributed by atoms with van der Waals surface area (Å²) in [6.07, 6.45) is 4.31. The van der Waals surface area contributed by atoms with Crippen LogP contribution >= 0.6 is 12.2 Å². The van der Waals surface area contributed by atoms with E-state index in [1.165, 1.54) is 0 Å². The summed E-state index contributed by atoms with van der Waals surface area (Å²) < 4.78 is 0. The topological polar surface area (TPSA) is 59.2 Å². The Labute approximate surface area is 119 Å². The van der Waals surface area contributed by atoms with Crippen molar-refractivity contribution in [2.75, 3.05) is 6.54 Å². The molecule has 19 heavy (non-hydrogen) atoms. The van der Waals surface area contributed by atoms with E-state index in [4.69, 9.17) is 18.0 Å². The smallest absolute Gasteiger partial charge is 0.235 e. The van der Waals surface area contributed by atoms with Crippen molar-refractivity contribution in [1.82, 2.24) is 9.88 Å². The third-order valence-electron chi connectivity index (χ3n) is 3.84. The monoisotopic (exact) mass is 277 g/mol. The quantitative estimate of drug-likeness (QED) is 0.835. The van der Waals surface area contributed by atoms with Gasteiger partial charge in [-0.3, -0.25) is 9.78 Å². The third kappa shape index (κ3) is 2.61. The Hall–Kier alpha value is -1.49. The van der Waals surface area contributed by atoms with E-state index in [0.717, 1.165) is 25.0 Å². The highest BCUT2D eigenvalue weighted by Crippen LogP contribution is 2.43. The first-order valence-electron chi connectivity index (χ1n) is 6.59. The lowest BCUT2D eigenvalue weighted by Crippen LogP contribution is -2.54. The first-order chi connectivity index (χ1) is 9.10. The van der Waals surface area contributed by atoms with Gasteiger partial charge in [0, 0.05) is 12.7 Å². The largest absolute Gasteiger partial charge is 0.392 e. The number of carbonyl (C=O) groups is 1. The van der Waals surface area contributed by atoms with Gasteiger partial charge in [0.05, 0.1) is 22.6 Å². The van der Waals surface area contributed by atoms with E-state index < -0.39 is 5.41 Å². The lowest BCUT2D eigenvalue weighted by molar-refractivity contribution is -0.142. The van der Waals surface area contributed by atoms with Gasteiger partial charge in [0.1, 0.15) is 0 Å². The first-order valence-corrected chi connectivity index (χ1v) is 7.00. The number of hydrogen-bond acceptors (Lipinski definition) is 3. The van der Waals surface area contributed by atoms with Crippen molar-refractivity contribution >= 4 is 23.1 Å². The summed E-state index contributed by atoms with van der Waals surface area (Å²) in [7, 11) is 0. The summed E-state index contributed by atoms with van der Waals surface area (Å²) in [4.78, 5) is 19.0. The highest BCUT2D eigenvalue weighted by Gasteiger charge is 2.48. The SMILES string of the molecule is CCN(Cc1ccccn1)C(=O)C1(C(N)=S)CCC1. The molecule has 1 aromatic rings. The zero-order valence-corrected chi connectivity index (χ0v) is 11.9. The van der Waals surface area contributed by atoms with E-state index in [1.54, 1.807) is 11.1 Å². The molecule has 1 saturated carbocycles. The van der Waals surface area contributed by atoms with Crippen molar-refractivity contribution in [2.45, 2.75) is 32.7 Å². The van der Waals surface area contributed by atoms with Crippen molar-refractivity contribution in [2.24, 2.45) is 11.1 Å². The van der Waals surface area contributed by atoms with Crippen LogP contribution in [0.4, 0.5) is 0 Å². The molecule has 0 radical (unpaired) electrons. The van der Waals surface area contributed by atoms with Crippen LogP contribution < -0.4 is 5.73 Å². The molecule has 1 aliphatic carbocycles. The van der Waals surface area contributed by atoms with E-state index in [1.807, 2.05) is 25.1 Å². The van der Waals surface area contributed by atoms with E-state index >= 15 is 0 Å². The molecule has 1 fully saturated rings. The van der Waals surface area contributed by atoms with Crippen LogP contribution in [-0.4, -0.2) is 27.3 Å². The molecule has 0 saturated heterocycles. The van der Waals surface area contributed by atoms with Crippen LogP contribution in [0.15, 0.2) is 24.4 Å². The average Bonchev–Trinajstić information content (AvgIpc) is 2.35. The van der Waals surface area contributed by atoms with Gasteiger partial charge in [0.15, 0.2) is 0 Å². The number of hydrogen-bond donors (Lipinski definition) is 1. The molecular weight excluding hydrogens is 258 g/mol. The highest BCUT2D eigenvalue weighted by molar-refractivity contribution is 7.80. The molecule has 0 unspecified atom stereocenters. The summed E-state index contributed by atoms with van der Waals surface area (Å²) in [6, 6.07) is 5.71. The van der Waals surface area contributed by atoms with Gasteiger partial charge < -0.3 is 10.6 Å². The van der Waals surface area contributed by atoms with Gasteiger partial charge >= 0.3 is 0 Å². The minimum Gasteiger partial charge on any atom is -0.392 e. The number of rotatable bonds is 5. The maximum absolute atomic E-state index is 12.7. The maximum atomic E-state index is 12.7. The predicted molar refractivity (Wildman–Crippen MR) is 78.4 cm³/mol. The van der Waals surface area contributed by atoms with E-state index in [2.05, 4.69) is 4.98 Å². The van der Waals surface area contributed by atoms with Crippen LogP contribution in [0.5, 0.6) is 0 Å². The molecule has 0 bridgehead atoms. The fraction of sp³-hybridized carbons (Fsp3) is 0.500. The fourth-order valence-corrected chi connectivity index (χ4v) is 2.70. The van der Waals surface area contributed by atoms with Gasteiger partial charge in [-0.15, -0.1) is 0 Å². The molecule has 0 atom stereocenters.